The van der Waals surface area contributed by atoms with E-state index in [1.165, 1.54) is 30.4 Å². The van der Waals surface area contributed by atoms with Crippen LogP contribution in [0.15, 0.2) is 42.5 Å². The molecule has 2 aromatic carbocycles. The summed E-state index contributed by atoms with van der Waals surface area (Å²) in [7, 11) is 0. The van der Waals surface area contributed by atoms with E-state index >= 15 is 0 Å². The molecule has 0 radical (unpaired) electrons. The lowest BCUT2D eigenvalue weighted by atomic mass is 10.1. The van der Waals surface area contributed by atoms with Gasteiger partial charge in [0.2, 0.25) is 5.78 Å². The van der Waals surface area contributed by atoms with Crippen LogP contribution in [0.25, 0.3) is 28.1 Å². The molecule has 1 aliphatic heterocycles. The van der Waals surface area contributed by atoms with Gasteiger partial charge in [0.25, 0.3) is 0 Å². The van der Waals surface area contributed by atoms with Crippen molar-refractivity contribution in [1.29, 1.82) is 0 Å². The van der Waals surface area contributed by atoms with Crippen LogP contribution in [-0.2, 0) is 6.54 Å². The highest BCUT2D eigenvalue weighted by atomic mass is 16.1. The third-order valence-corrected chi connectivity index (χ3v) is 6.67. The molecular weight excluding hydrogens is 384 g/mol. The maximum Gasteiger partial charge on any atom is 0.216 e. The van der Waals surface area contributed by atoms with Gasteiger partial charge in [-0.15, -0.1) is 0 Å². The van der Waals surface area contributed by atoms with Crippen molar-refractivity contribution in [1.82, 2.24) is 18.9 Å². The van der Waals surface area contributed by atoms with Gasteiger partial charge in [-0.25, -0.2) is 4.98 Å². The molecule has 1 saturated heterocycles. The van der Waals surface area contributed by atoms with Gasteiger partial charge in [-0.05, 0) is 70.0 Å². The Morgan fingerprint density at radius 3 is 2.32 bits per heavy atom. The third kappa shape index (κ3) is 3.37. The van der Waals surface area contributed by atoms with E-state index in [2.05, 4.69) is 46.8 Å². The van der Waals surface area contributed by atoms with Crippen molar-refractivity contribution >= 4 is 22.6 Å². The standard InChI is InChI=1S/C26H30N4O/c1-4-29-21-15-18(2)19(3)16-22(21)30-25(23(31)17-28-13-9-6-10-14-28)24(27-26(29)30)20-11-7-5-8-12-20/h5,7-8,11-12,15-16H,4,6,9-10,13-14,17H2,1-3H3. The number of carbonyl (C=O) groups is 1. The molecular formula is C26H30N4O. The zero-order chi connectivity index (χ0) is 21.5. The average Bonchev–Trinajstić information content (AvgIpc) is 3.30. The Morgan fingerprint density at radius 2 is 1.65 bits per heavy atom. The maximum atomic E-state index is 13.8. The lowest BCUT2D eigenvalue weighted by Crippen LogP contribution is -2.35. The van der Waals surface area contributed by atoms with Gasteiger partial charge in [0.15, 0.2) is 5.78 Å². The molecule has 0 saturated carbocycles. The maximum absolute atomic E-state index is 13.8. The summed E-state index contributed by atoms with van der Waals surface area (Å²) in [6.45, 7) is 9.68. The van der Waals surface area contributed by atoms with E-state index in [1.54, 1.807) is 0 Å². The SMILES string of the molecule is CCn1c2cc(C)c(C)cc2n2c(C(=O)CN3CCCCC3)c(-c3ccccc3)nc12. The largest absolute Gasteiger partial charge is 0.310 e. The predicted molar refractivity (Wildman–Crippen MR) is 126 cm³/mol. The number of benzene rings is 2. The molecule has 0 unspecified atom stereocenters. The van der Waals surface area contributed by atoms with Crippen molar-refractivity contribution in [3.05, 3.63) is 59.3 Å². The summed E-state index contributed by atoms with van der Waals surface area (Å²) in [4.78, 5) is 21.1. The van der Waals surface area contributed by atoms with E-state index in [0.717, 1.165) is 47.7 Å². The lowest BCUT2D eigenvalue weighted by molar-refractivity contribution is 0.0911. The molecule has 0 bridgehead atoms. The fraction of sp³-hybridized carbons (Fsp3) is 0.385. The fourth-order valence-corrected chi connectivity index (χ4v) is 4.87. The number of ketones is 1. The minimum absolute atomic E-state index is 0.154. The molecule has 1 fully saturated rings. The molecule has 31 heavy (non-hydrogen) atoms. The van der Waals surface area contributed by atoms with Crippen LogP contribution in [-0.4, -0.2) is 44.3 Å². The molecule has 5 heteroatoms. The molecule has 160 valence electrons. The van der Waals surface area contributed by atoms with Gasteiger partial charge in [0.1, 0.15) is 11.4 Å². The first-order valence-corrected chi connectivity index (χ1v) is 11.4. The number of rotatable bonds is 5. The van der Waals surface area contributed by atoms with Crippen molar-refractivity contribution in [2.24, 2.45) is 0 Å². The Labute approximate surface area is 183 Å². The van der Waals surface area contributed by atoms with Gasteiger partial charge in [0.05, 0.1) is 17.6 Å². The van der Waals surface area contributed by atoms with Crippen molar-refractivity contribution in [3.8, 4) is 11.3 Å². The summed E-state index contributed by atoms with van der Waals surface area (Å²) in [6, 6.07) is 14.6. The summed E-state index contributed by atoms with van der Waals surface area (Å²) in [5, 5.41) is 0. The van der Waals surface area contributed by atoms with E-state index in [4.69, 9.17) is 4.98 Å². The molecule has 0 spiro atoms. The normalized spacial score (nSPS) is 15.2. The number of hydrogen-bond donors (Lipinski definition) is 0. The summed E-state index contributed by atoms with van der Waals surface area (Å²) in [5.41, 5.74) is 7.19. The van der Waals surface area contributed by atoms with Crippen molar-refractivity contribution < 1.29 is 4.79 Å². The fourth-order valence-electron chi connectivity index (χ4n) is 4.87. The van der Waals surface area contributed by atoms with Crippen LogP contribution in [0, 0.1) is 13.8 Å². The van der Waals surface area contributed by atoms with Crippen molar-refractivity contribution in [2.75, 3.05) is 19.6 Å². The quantitative estimate of drug-likeness (QED) is 0.418. The number of piperidine rings is 1. The molecule has 1 aliphatic rings. The number of aryl methyl sites for hydroxylation is 3. The van der Waals surface area contributed by atoms with E-state index in [1.807, 2.05) is 30.3 Å². The predicted octanol–water partition coefficient (Wildman–Crippen LogP) is 5.26. The van der Waals surface area contributed by atoms with Crippen molar-refractivity contribution in [2.45, 2.75) is 46.6 Å². The zero-order valence-electron chi connectivity index (χ0n) is 18.7. The number of carbonyl (C=O) groups excluding carboxylic acids is 1. The van der Waals surface area contributed by atoms with Crippen molar-refractivity contribution in [3.63, 3.8) is 0 Å². The second-order valence-corrected chi connectivity index (χ2v) is 8.74. The summed E-state index contributed by atoms with van der Waals surface area (Å²) in [5.74, 6) is 1.00. The number of nitrogens with zero attached hydrogens (tertiary/aromatic N) is 4. The van der Waals surface area contributed by atoms with Crippen LogP contribution >= 0.6 is 0 Å². The van der Waals surface area contributed by atoms with Gasteiger partial charge in [-0.1, -0.05) is 36.8 Å². The minimum atomic E-state index is 0.154. The zero-order valence-corrected chi connectivity index (χ0v) is 18.7. The van der Waals surface area contributed by atoms with Crippen LogP contribution in [0.5, 0.6) is 0 Å². The number of imidazole rings is 2. The first-order chi connectivity index (χ1) is 15.1. The molecule has 0 atom stereocenters. The summed E-state index contributed by atoms with van der Waals surface area (Å²) in [6.07, 6.45) is 3.61. The third-order valence-electron chi connectivity index (χ3n) is 6.67. The number of aromatic nitrogens is 3. The second-order valence-electron chi connectivity index (χ2n) is 8.74. The van der Waals surface area contributed by atoms with Gasteiger partial charge in [-0.3, -0.25) is 14.1 Å². The summed E-state index contributed by atoms with van der Waals surface area (Å²) >= 11 is 0. The highest BCUT2D eigenvalue weighted by molar-refractivity contribution is 6.04. The molecule has 0 amide bonds. The van der Waals surface area contributed by atoms with Crippen LogP contribution < -0.4 is 0 Å². The number of fused-ring (bicyclic) bond motifs is 3. The summed E-state index contributed by atoms with van der Waals surface area (Å²) < 4.78 is 4.34. The second kappa shape index (κ2) is 7.97. The van der Waals surface area contributed by atoms with Crippen LogP contribution in [0.2, 0.25) is 0 Å². The highest BCUT2D eigenvalue weighted by Gasteiger charge is 2.27. The van der Waals surface area contributed by atoms with E-state index in [0.29, 0.717) is 12.2 Å². The number of likely N-dealkylation sites (tertiary alicyclic amines) is 1. The van der Waals surface area contributed by atoms with Crippen LogP contribution in [0.1, 0.15) is 47.8 Å². The number of hydrogen-bond acceptors (Lipinski definition) is 3. The Balaban J connectivity index is 1.77. The van der Waals surface area contributed by atoms with Crippen LogP contribution in [0.3, 0.4) is 0 Å². The Morgan fingerprint density at radius 1 is 0.968 bits per heavy atom. The number of Topliss-reactive ketones (excluding diaryl/α,β-unsaturated/α-hetero) is 1. The lowest BCUT2D eigenvalue weighted by Gasteiger charge is -2.25. The molecule has 2 aromatic heterocycles. The van der Waals surface area contributed by atoms with Gasteiger partial charge >= 0.3 is 0 Å². The first kappa shape index (κ1) is 20.0. The molecule has 5 nitrogen and oxygen atoms in total. The topological polar surface area (TPSA) is 42.5 Å². The highest BCUT2D eigenvalue weighted by Crippen LogP contribution is 2.32. The molecule has 3 heterocycles. The van der Waals surface area contributed by atoms with E-state index in [9.17, 15) is 4.79 Å². The van der Waals surface area contributed by atoms with Crippen LogP contribution in [0.4, 0.5) is 0 Å². The molecule has 5 rings (SSSR count). The average molecular weight is 415 g/mol. The molecule has 4 aromatic rings. The minimum Gasteiger partial charge on any atom is -0.310 e. The molecule has 0 aliphatic carbocycles. The Hall–Kier alpha value is -2.92. The smallest absolute Gasteiger partial charge is 0.216 e. The Bertz CT molecular complexity index is 1260. The molecule has 0 N–H and O–H groups in total. The monoisotopic (exact) mass is 414 g/mol. The van der Waals surface area contributed by atoms with E-state index < -0.39 is 0 Å². The van der Waals surface area contributed by atoms with Gasteiger partial charge < -0.3 is 4.57 Å². The Kier molecular flexibility index (Phi) is 5.14. The first-order valence-electron chi connectivity index (χ1n) is 11.4. The van der Waals surface area contributed by atoms with E-state index in [-0.39, 0.29) is 5.78 Å². The van der Waals surface area contributed by atoms with Gasteiger partial charge in [0, 0.05) is 12.1 Å². The van der Waals surface area contributed by atoms with Gasteiger partial charge in [-0.2, -0.15) is 0 Å².